The summed E-state index contributed by atoms with van der Waals surface area (Å²) in [5, 5.41) is 14.5. The van der Waals surface area contributed by atoms with Gasteiger partial charge in [-0.05, 0) is 0 Å². The summed E-state index contributed by atoms with van der Waals surface area (Å²) in [5.41, 5.74) is 0. The van der Waals surface area contributed by atoms with Crippen molar-refractivity contribution in [3.63, 3.8) is 0 Å². The number of hydrogen-bond donors (Lipinski definition) is 0. The largest absolute Gasteiger partial charge is 1.00 e. The van der Waals surface area contributed by atoms with Crippen LogP contribution in [0.5, 0.6) is 0 Å². The molecular formula is C2AuN2+. The number of rotatable bonds is 0. The first-order valence-electron chi connectivity index (χ1n) is 0.697. The van der Waals surface area contributed by atoms with E-state index >= 15 is 0 Å². The van der Waals surface area contributed by atoms with Crippen molar-refractivity contribution in [2.24, 2.45) is 0 Å². The average molecular weight is 249 g/mol. The molecule has 28 valence electrons. The summed E-state index contributed by atoms with van der Waals surface area (Å²) in [6.45, 7) is 0. The van der Waals surface area contributed by atoms with Crippen molar-refractivity contribution in [3.05, 3.63) is 0 Å². The van der Waals surface area contributed by atoms with E-state index in [0.29, 0.717) is 0 Å². The molecule has 0 atom stereocenters. The molecule has 0 amide bonds. The second-order valence-corrected chi connectivity index (χ2v) is 0.224. The van der Waals surface area contributed by atoms with Crippen LogP contribution in [0.1, 0.15) is 0 Å². The molecule has 0 fully saturated rings. The smallest absolute Gasteiger partial charge is 0.181 e. The molecule has 3 heteroatoms. The van der Waals surface area contributed by atoms with Crippen LogP contribution < -0.4 is 0 Å². The van der Waals surface area contributed by atoms with Gasteiger partial charge in [0, 0.05) is 0 Å². The van der Waals surface area contributed by atoms with Crippen molar-refractivity contribution in [1.29, 1.82) is 10.5 Å². The maximum atomic E-state index is 7.26. The molecule has 0 spiro atoms. The van der Waals surface area contributed by atoms with Gasteiger partial charge in [0.25, 0.3) is 0 Å². The van der Waals surface area contributed by atoms with Gasteiger partial charge < -0.3 is 0 Å². The Kier molecular flexibility index (Phi) is 16.4. The van der Waals surface area contributed by atoms with Crippen LogP contribution in [0.3, 0.4) is 0 Å². The van der Waals surface area contributed by atoms with Crippen LogP contribution in [-0.2, 0) is 22.4 Å². The third-order valence-electron chi connectivity index (χ3n) is 0.0500. The Morgan fingerprint density at radius 3 is 1.20 bits per heavy atom. The van der Waals surface area contributed by atoms with Crippen LogP contribution in [0.2, 0.25) is 0 Å². The van der Waals surface area contributed by atoms with Gasteiger partial charge in [0.05, 0.1) is 0 Å². The molecule has 0 rings (SSSR count). The number of hydrogen-bond acceptors (Lipinski definition) is 2. The third-order valence-corrected chi connectivity index (χ3v) is 0.0500. The monoisotopic (exact) mass is 249 g/mol. The predicted octanol–water partition coefficient (Wildman–Crippen LogP) is 0.0311. The minimum absolute atomic E-state index is 0. The summed E-state index contributed by atoms with van der Waals surface area (Å²) in [4.78, 5) is 0. The normalized spacial score (nSPS) is 2.00. The summed E-state index contributed by atoms with van der Waals surface area (Å²) in [5.74, 6) is 0. The predicted molar refractivity (Wildman–Crippen MR) is 11.2 cm³/mol. The SMILES string of the molecule is N#CC#N.[Au+]. The topological polar surface area (TPSA) is 47.6 Å². The molecule has 0 aliphatic heterocycles. The summed E-state index contributed by atoms with van der Waals surface area (Å²) in [6.07, 6.45) is 0. The zero-order valence-electron chi connectivity index (χ0n) is 2.20. The molecule has 0 radical (unpaired) electrons. The fourth-order valence-corrected chi connectivity index (χ4v) is 0. The van der Waals surface area contributed by atoms with Crippen LogP contribution in [0, 0.1) is 22.7 Å². The van der Waals surface area contributed by atoms with Crippen molar-refractivity contribution >= 4 is 0 Å². The maximum Gasteiger partial charge on any atom is 1.00 e. The molecule has 2 nitrogen and oxygen atoms in total. The van der Waals surface area contributed by atoms with Gasteiger partial charge in [-0.25, -0.2) is 0 Å². The van der Waals surface area contributed by atoms with Crippen LogP contribution in [0.25, 0.3) is 0 Å². The second-order valence-electron chi connectivity index (χ2n) is 0.224. The Bertz CT molecular complexity index is 62.6. The van der Waals surface area contributed by atoms with E-state index in [-0.39, 0.29) is 22.4 Å². The van der Waals surface area contributed by atoms with E-state index in [9.17, 15) is 0 Å². The molecule has 0 unspecified atom stereocenters. The van der Waals surface area contributed by atoms with Gasteiger partial charge in [-0.15, -0.1) is 0 Å². The molecular weight excluding hydrogens is 249 g/mol. The molecule has 0 saturated heterocycles. The quantitative estimate of drug-likeness (QED) is 0.568. The first kappa shape index (κ1) is 8.83. The van der Waals surface area contributed by atoms with Gasteiger partial charge in [0.1, 0.15) is 0 Å². The van der Waals surface area contributed by atoms with E-state index in [1.807, 2.05) is 0 Å². The fraction of sp³-hybridized carbons (Fsp3) is 0. The van der Waals surface area contributed by atoms with Crippen molar-refractivity contribution in [1.82, 2.24) is 0 Å². The minimum atomic E-state index is 0. The summed E-state index contributed by atoms with van der Waals surface area (Å²) < 4.78 is 0. The van der Waals surface area contributed by atoms with Crippen molar-refractivity contribution < 1.29 is 22.4 Å². The summed E-state index contributed by atoms with van der Waals surface area (Å²) >= 11 is 0. The first-order chi connectivity index (χ1) is 1.91. The Morgan fingerprint density at radius 1 is 1.00 bits per heavy atom. The van der Waals surface area contributed by atoms with Crippen LogP contribution in [-0.4, -0.2) is 0 Å². The van der Waals surface area contributed by atoms with E-state index in [0.717, 1.165) is 0 Å². The van der Waals surface area contributed by atoms with Gasteiger partial charge in [-0.2, -0.15) is 10.5 Å². The molecule has 0 aliphatic carbocycles. The van der Waals surface area contributed by atoms with E-state index < -0.39 is 0 Å². The Labute approximate surface area is 45.5 Å². The van der Waals surface area contributed by atoms with Crippen LogP contribution >= 0.6 is 0 Å². The summed E-state index contributed by atoms with van der Waals surface area (Å²) in [6, 6.07) is 2.47. The number of nitrogens with zero attached hydrogens (tertiary/aromatic N) is 2. The van der Waals surface area contributed by atoms with E-state index in [1.54, 1.807) is 0 Å². The van der Waals surface area contributed by atoms with Gasteiger partial charge in [-0.1, -0.05) is 0 Å². The maximum absolute atomic E-state index is 7.26. The first-order valence-corrected chi connectivity index (χ1v) is 0.697. The van der Waals surface area contributed by atoms with Crippen molar-refractivity contribution in [3.8, 4) is 12.1 Å². The van der Waals surface area contributed by atoms with Crippen LogP contribution in [0.15, 0.2) is 0 Å². The molecule has 0 N–H and O–H groups in total. The van der Waals surface area contributed by atoms with E-state index in [4.69, 9.17) is 10.5 Å². The average Bonchev–Trinajstić information content (AvgIpc) is 1.37. The molecule has 0 saturated carbocycles. The molecule has 0 aromatic heterocycles. The minimum Gasteiger partial charge on any atom is -0.181 e. The summed E-state index contributed by atoms with van der Waals surface area (Å²) in [7, 11) is 0. The van der Waals surface area contributed by atoms with Gasteiger partial charge >= 0.3 is 22.4 Å². The van der Waals surface area contributed by atoms with E-state index in [2.05, 4.69) is 0 Å². The Balaban J connectivity index is 0. The number of nitriles is 2. The molecule has 0 aromatic carbocycles. The molecule has 0 aromatic rings. The zero-order chi connectivity index (χ0) is 3.41. The van der Waals surface area contributed by atoms with Gasteiger partial charge in [0.2, 0.25) is 0 Å². The molecule has 0 heterocycles. The van der Waals surface area contributed by atoms with E-state index in [1.165, 1.54) is 12.1 Å². The molecule has 5 heavy (non-hydrogen) atoms. The zero-order valence-corrected chi connectivity index (χ0v) is 4.36. The molecule has 0 bridgehead atoms. The molecule has 0 aliphatic rings. The Hall–Kier alpha value is -0.280. The standard InChI is InChI=1S/C2N2.Au/c3-1-2-4;/q;+1. The van der Waals surface area contributed by atoms with Gasteiger partial charge in [0.15, 0.2) is 12.1 Å². The fourth-order valence-electron chi connectivity index (χ4n) is 0. The third kappa shape index (κ3) is 21.2. The van der Waals surface area contributed by atoms with Crippen molar-refractivity contribution in [2.75, 3.05) is 0 Å². The van der Waals surface area contributed by atoms with Crippen molar-refractivity contribution in [2.45, 2.75) is 0 Å². The van der Waals surface area contributed by atoms with Crippen LogP contribution in [0.4, 0.5) is 0 Å². The Morgan fingerprint density at radius 2 is 1.20 bits per heavy atom. The van der Waals surface area contributed by atoms with Gasteiger partial charge in [-0.3, -0.25) is 0 Å². The second kappa shape index (κ2) is 9.30.